The number of nitro groups is 1. The number of rotatable bonds is 5. The van der Waals surface area contributed by atoms with Crippen LogP contribution in [0.3, 0.4) is 0 Å². The van der Waals surface area contributed by atoms with Gasteiger partial charge in [-0.05, 0) is 43.2 Å². The molecule has 1 aliphatic carbocycles. The number of nitro benzene ring substituents is 1. The maximum absolute atomic E-state index is 13.1. The summed E-state index contributed by atoms with van der Waals surface area (Å²) in [6, 6.07) is 10.9. The number of ketones is 1. The van der Waals surface area contributed by atoms with Crippen LogP contribution in [0.15, 0.2) is 53.7 Å². The number of carbonyl (C=O) groups excluding carboxylic acids is 1. The molecule has 2 aromatic carbocycles. The molecule has 0 radical (unpaired) electrons. The molecule has 10 heteroatoms. The number of anilines is 1. The zero-order valence-electron chi connectivity index (χ0n) is 18.1. The number of non-ortho nitro benzene ring substituents is 1. The molecule has 0 saturated heterocycles. The number of ether oxygens (including phenoxy) is 2. The highest BCUT2D eigenvalue weighted by Crippen LogP contribution is 2.44. The Labute approximate surface area is 189 Å². The summed E-state index contributed by atoms with van der Waals surface area (Å²) in [4.78, 5) is 28.2. The fourth-order valence-electron chi connectivity index (χ4n) is 4.35. The number of methoxy groups -OCH3 is 2. The maximum atomic E-state index is 13.1. The summed E-state index contributed by atoms with van der Waals surface area (Å²) in [6.07, 6.45) is 1.95. The van der Waals surface area contributed by atoms with E-state index >= 15 is 0 Å². The number of carbonyl (C=O) groups is 1. The second-order valence-corrected chi connectivity index (χ2v) is 7.81. The Hall–Kier alpha value is -4.21. The molecule has 0 spiro atoms. The molecule has 33 heavy (non-hydrogen) atoms. The number of hydrogen-bond donors (Lipinski definition) is 1. The topological polar surface area (TPSA) is 121 Å². The van der Waals surface area contributed by atoms with Crippen molar-refractivity contribution in [3.63, 3.8) is 0 Å². The van der Waals surface area contributed by atoms with E-state index in [1.165, 1.54) is 12.1 Å². The summed E-state index contributed by atoms with van der Waals surface area (Å²) in [7, 11) is 3.16. The monoisotopic (exact) mass is 447 g/mol. The van der Waals surface area contributed by atoms with Gasteiger partial charge in [0.1, 0.15) is 17.5 Å². The van der Waals surface area contributed by atoms with Gasteiger partial charge >= 0.3 is 0 Å². The predicted octanol–water partition coefficient (Wildman–Crippen LogP) is 3.89. The van der Waals surface area contributed by atoms with Gasteiger partial charge in [-0.2, -0.15) is 4.98 Å². The van der Waals surface area contributed by atoms with Gasteiger partial charge in [0.05, 0.1) is 19.1 Å². The van der Waals surface area contributed by atoms with Gasteiger partial charge in [-0.3, -0.25) is 14.9 Å². The number of benzene rings is 2. The van der Waals surface area contributed by atoms with Crippen molar-refractivity contribution in [2.24, 2.45) is 0 Å². The lowest BCUT2D eigenvalue weighted by Crippen LogP contribution is -2.31. The molecule has 1 aromatic heterocycles. The summed E-state index contributed by atoms with van der Waals surface area (Å²) in [5, 5.41) is 19.0. The van der Waals surface area contributed by atoms with Crippen molar-refractivity contribution in [3.05, 3.63) is 69.4 Å². The molecule has 10 nitrogen and oxygen atoms in total. The van der Waals surface area contributed by atoms with Crippen molar-refractivity contribution in [3.8, 4) is 22.9 Å². The lowest BCUT2D eigenvalue weighted by molar-refractivity contribution is -0.384. The Morgan fingerprint density at radius 2 is 1.91 bits per heavy atom. The van der Waals surface area contributed by atoms with Gasteiger partial charge in [-0.1, -0.05) is 0 Å². The fraction of sp³-hybridized carbons (Fsp3) is 0.261. The lowest BCUT2D eigenvalue weighted by atomic mass is 9.85. The number of fused-ring (bicyclic) bond motifs is 1. The summed E-state index contributed by atoms with van der Waals surface area (Å²) < 4.78 is 12.7. The Bertz CT molecular complexity index is 1300. The van der Waals surface area contributed by atoms with Crippen LogP contribution in [0.5, 0.6) is 11.5 Å². The van der Waals surface area contributed by atoms with E-state index in [2.05, 4.69) is 10.3 Å². The third-order valence-electron chi connectivity index (χ3n) is 5.94. The summed E-state index contributed by atoms with van der Waals surface area (Å²) in [5.41, 5.74) is 2.83. The minimum absolute atomic E-state index is 0.0115. The van der Waals surface area contributed by atoms with E-state index in [0.29, 0.717) is 40.8 Å². The molecule has 0 saturated carbocycles. The van der Waals surface area contributed by atoms with Crippen molar-refractivity contribution in [2.45, 2.75) is 25.3 Å². The van der Waals surface area contributed by atoms with Crippen molar-refractivity contribution in [2.75, 3.05) is 19.5 Å². The molecule has 0 bridgehead atoms. The first kappa shape index (κ1) is 20.7. The molecule has 2 heterocycles. The molecule has 2 aliphatic rings. The smallest absolute Gasteiger partial charge is 0.269 e. The highest BCUT2D eigenvalue weighted by Gasteiger charge is 2.38. The second kappa shape index (κ2) is 8.05. The molecule has 0 amide bonds. The van der Waals surface area contributed by atoms with Crippen LogP contribution in [0.25, 0.3) is 11.4 Å². The van der Waals surface area contributed by atoms with Crippen molar-refractivity contribution < 1.29 is 19.2 Å². The normalized spacial score (nSPS) is 17.2. The van der Waals surface area contributed by atoms with Crippen LogP contribution in [0.4, 0.5) is 11.6 Å². The first-order valence-electron chi connectivity index (χ1n) is 10.5. The number of Topliss-reactive ketones (excluding diaryl/α,β-unsaturated/α-hetero) is 1. The van der Waals surface area contributed by atoms with E-state index in [1.807, 2.05) is 6.07 Å². The first-order valence-corrected chi connectivity index (χ1v) is 10.5. The van der Waals surface area contributed by atoms with Gasteiger partial charge in [0.2, 0.25) is 5.95 Å². The standard InChI is InChI=1S/C23H21N5O5/c1-32-15-10-11-19(33-2)16(12-15)21-20-17(4-3-5-18(20)29)24-23-25-22(26-27(21)23)13-6-8-14(9-7-13)28(30)31/h6-12,21H,3-5H2,1-2H3,(H,24,25,26). The molecular weight excluding hydrogens is 426 g/mol. The number of aromatic nitrogens is 3. The molecule has 1 N–H and O–H groups in total. The Balaban J connectivity index is 1.67. The molecule has 1 aliphatic heterocycles. The zero-order chi connectivity index (χ0) is 23.1. The zero-order valence-corrected chi connectivity index (χ0v) is 18.1. The third kappa shape index (κ3) is 3.49. The number of nitrogens with one attached hydrogen (secondary N) is 1. The molecule has 168 valence electrons. The second-order valence-electron chi connectivity index (χ2n) is 7.81. The largest absolute Gasteiger partial charge is 0.497 e. The predicted molar refractivity (Wildman–Crippen MR) is 119 cm³/mol. The van der Waals surface area contributed by atoms with Crippen LogP contribution in [-0.2, 0) is 4.79 Å². The van der Waals surface area contributed by atoms with Gasteiger partial charge in [0.25, 0.3) is 5.69 Å². The molecule has 0 fully saturated rings. The first-order chi connectivity index (χ1) is 16.0. The van der Waals surface area contributed by atoms with Gasteiger partial charge in [0.15, 0.2) is 11.6 Å². The summed E-state index contributed by atoms with van der Waals surface area (Å²) in [6.45, 7) is 0. The van der Waals surface area contributed by atoms with E-state index in [1.54, 1.807) is 43.2 Å². The quantitative estimate of drug-likeness (QED) is 0.462. The Morgan fingerprint density at radius 1 is 1.12 bits per heavy atom. The summed E-state index contributed by atoms with van der Waals surface area (Å²) >= 11 is 0. The number of allylic oxidation sites excluding steroid dienone is 2. The SMILES string of the molecule is COc1ccc(OC)c(C2C3=C(CCCC3=O)Nc3nc(-c4ccc([N+](=O)[O-])cc4)nn32)c1. The number of hydrogen-bond acceptors (Lipinski definition) is 8. The Morgan fingerprint density at radius 3 is 2.61 bits per heavy atom. The molecule has 3 aromatic rings. The van der Waals surface area contributed by atoms with Crippen LogP contribution in [0, 0.1) is 10.1 Å². The molecule has 5 rings (SSSR count). The van der Waals surface area contributed by atoms with Gasteiger partial charge in [0, 0.05) is 41.0 Å². The minimum Gasteiger partial charge on any atom is -0.497 e. The van der Waals surface area contributed by atoms with E-state index in [4.69, 9.17) is 14.6 Å². The molecule has 1 unspecified atom stereocenters. The van der Waals surface area contributed by atoms with Crippen molar-refractivity contribution >= 4 is 17.4 Å². The van der Waals surface area contributed by atoms with Crippen LogP contribution in [0.2, 0.25) is 0 Å². The third-order valence-corrected chi connectivity index (χ3v) is 5.94. The lowest BCUT2D eigenvalue weighted by Gasteiger charge is -2.32. The van der Waals surface area contributed by atoms with Crippen molar-refractivity contribution in [1.29, 1.82) is 0 Å². The molecular formula is C23H21N5O5. The van der Waals surface area contributed by atoms with E-state index < -0.39 is 11.0 Å². The average molecular weight is 447 g/mol. The maximum Gasteiger partial charge on any atom is 0.269 e. The van der Waals surface area contributed by atoms with Crippen LogP contribution in [-0.4, -0.2) is 39.7 Å². The summed E-state index contributed by atoms with van der Waals surface area (Å²) in [5.74, 6) is 2.17. The van der Waals surface area contributed by atoms with Gasteiger partial charge < -0.3 is 14.8 Å². The highest BCUT2D eigenvalue weighted by molar-refractivity contribution is 5.99. The minimum atomic E-state index is -0.548. The van der Waals surface area contributed by atoms with Gasteiger partial charge in [-0.25, -0.2) is 4.68 Å². The average Bonchev–Trinajstić information content (AvgIpc) is 3.26. The molecule has 1 atom stereocenters. The van der Waals surface area contributed by atoms with E-state index in [-0.39, 0.29) is 11.5 Å². The highest BCUT2D eigenvalue weighted by atomic mass is 16.6. The Kier molecular flexibility index (Phi) is 5.04. The number of nitrogens with zero attached hydrogens (tertiary/aromatic N) is 4. The fourth-order valence-corrected chi connectivity index (χ4v) is 4.35. The van der Waals surface area contributed by atoms with E-state index in [0.717, 1.165) is 24.1 Å². The van der Waals surface area contributed by atoms with Crippen molar-refractivity contribution in [1.82, 2.24) is 14.8 Å². The van der Waals surface area contributed by atoms with Crippen LogP contribution >= 0.6 is 0 Å². The van der Waals surface area contributed by atoms with Crippen LogP contribution in [0.1, 0.15) is 30.9 Å². The van der Waals surface area contributed by atoms with Gasteiger partial charge in [-0.15, -0.1) is 5.10 Å². The van der Waals surface area contributed by atoms with Crippen LogP contribution < -0.4 is 14.8 Å². The van der Waals surface area contributed by atoms with E-state index in [9.17, 15) is 14.9 Å².